The lowest BCUT2D eigenvalue weighted by Crippen LogP contribution is -2.15. The normalized spacial score (nSPS) is 11.9. The maximum Gasteiger partial charge on any atom is 0.232 e. The van der Waals surface area contributed by atoms with Gasteiger partial charge < -0.3 is 10.1 Å². The Hall–Kier alpha value is -3.66. The fraction of sp³-hybridized carbons (Fsp3) is 0.0909. The van der Waals surface area contributed by atoms with E-state index in [4.69, 9.17) is 16.3 Å². The number of halogens is 2. The number of benzene rings is 3. The zero-order valence-electron chi connectivity index (χ0n) is 17.8. The molecule has 3 aromatic carbocycles. The Balaban J connectivity index is 2.01. The average molecular weight is 507 g/mol. The lowest BCUT2D eigenvalue weighted by atomic mass is 10.2. The largest absolute Gasteiger partial charge is 0.455 e. The van der Waals surface area contributed by atoms with Gasteiger partial charge in [0.2, 0.25) is 10.0 Å². The fourth-order valence-corrected chi connectivity index (χ4v) is 3.86. The van der Waals surface area contributed by atoms with E-state index in [1.165, 1.54) is 43.3 Å². The van der Waals surface area contributed by atoms with Crippen LogP contribution >= 0.6 is 0 Å². The number of nitrogens with one attached hydrogen (secondary N) is 3. The Morgan fingerprint density at radius 1 is 1.12 bits per heavy atom. The predicted molar refractivity (Wildman–Crippen MR) is 130 cm³/mol. The van der Waals surface area contributed by atoms with Gasteiger partial charge in [0.25, 0.3) is 0 Å². The molecule has 0 amide bonds. The predicted octanol–water partition coefficient (Wildman–Crippen LogP) is 4.19. The highest BCUT2D eigenvalue weighted by atomic mass is 32.2. The van der Waals surface area contributed by atoms with E-state index in [-0.39, 0.29) is 40.0 Å². The highest BCUT2D eigenvalue weighted by Crippen LogP contribution is 2.39. The summed E-state index contributed by atoms with van der Waals surface area (Å²) in [4.78, 5) is 0. The minimum absolute atomic E-state index is 0.0241. The number of anilines is 4. The van der Waals surface area contributed by atoms with Crippen LogP contribution in [-0.4, -0.2) is 18.4 Å². The van der Waals surface area contributed by atoms with Crippen molar-refractivity contribution >= 4 is 43.9 Å². The van der Waals surface area contributed by atoms with Gasteiger partial charge in [-0.2, -0.15) is 0 Å². The van der Waals surface area contributed by atoms with E-state index < -0.39 is 32.8 Å². The standard InChI is InChI=1S/C22H20F2N4O4S2/c1-3-14-8-9-19(18(24)10-14)26-20-11-15(23)12-21(22(20)27-33(25)29)32-17-7-5-6-16(13-17)28-34(30,31)4-2/h1,5-13,26-28H,4,25H2,2H3. The molecule has 0 aliphatic rings. The minimum atomic E-state index is -3.54. The number of hydrogen-bond donors (Lipinski definition) is 4. The minimum Gasteiger partial charge on any atom is -0.455 e. The van der Waals surface area contributed by atoms with Gasteiger partial charge in [-0.15, -0.1) is 6.42 Å². The number of sulfonamides is 1. The first-order valence-electron chi connectivity index (χ1n) is 9.68. The summed E-state index contributed by atoms with van der Waals surface area (Å²) in [5, 5.41) is 8.08. The van der Waals surface area contributed by atoms with E-state index in [1.54, 1.807) is 0 Å². The SMILES string of the molecule is C#Cc1ccc(Nc2cc(F)cc(Oc3cccc(NS(=O)(=O)CC)c3)c2NS(N)=O)c(F)c1. The first-order chi connectivity index (χ1) is 16.1. The number of terminal acetylenes is 1. The maximum atomic E-state index is 14.5. The van der Waals surface area contributed by atoms with Crippen molar-refractivity contribution in [2.45, 2.75) is 6.92 Å². The van der Waals surface area contributed by atoms with E-state index in [9.17, 15) is 21.4 Å². The van der Waals surface area contributed by atoms with E-state index in [0.717, 1.165) is 18.2 Å². The van der Waals surface area contributed by atoms with E-state index in [0.29, 0.717) is 5.56 Å². The maximum absolute atomic E-state index is 14.5. The van der Waals surface area contributed by atoms with Crippen LogP contribution in [0.5, 0.6) is 11.5 Å². The Bertz CT molecular complexity index is 1390. The first-order valence-corrected chi connectivity index (χ1v) is 12.5. The fourth-order valence-electron chi connectivity index (χ4n) is 2.82. The van der Waals surface area contributed by atoms with Gasteiger partial charge >= 0.3 is 0 Å². The second-order valence-corrected chi connectivity index (χ2v) is 9.64. The summed E-state index contributed by atoms with van der Waals surface area (Å²) >= 11 is -2.09. The molecule has 0 saturated carbocycles. The molecule has 3 rings (SSSR count). The average Bonchev–Trinajstić information content (AvgIpc) is 2.77. The molecule has 34 heavy (non-hydrogen) atoms. The molecule has 0 fully saturated rings. The topological polar surface area (TPSA) is 123 Å². The number of hydrogen-bond acceptors (Lipinski definition) is 5. The van der Waals surface area contributed by atoms with Crippen molar-refractivity contribution in [2.24, 2.45) is 5.14 Å². The van der Waals surface area contributed by atoms with Crippen LogP contribution in [-0.2, 0) is 21.2 Å². The van der Waals surface area contributed by atoms with Crippen LogP contribution in [0.2, 0.25) is 0 Å². The molecule has 0 spiro atoms. The summed E-state index contributed by atoms with van der Waals surface area (Å²) in [5.41, 5.74) is 0.455. The molecule has 0 bridgehead atoms. The van der Waals surface area contributed by atoms with Crippen LogP contribution in [0, 0.1) is 24.0 Å². The molecule has 5 N–H and O–H groups in total. The zero-order chi connectivity index (χ0) is 24.9. The monoisotopic (exact) mass is 506 g/mol. The molecule has 178 valence electrons. The van der Waals surface area contributed by atoms with Gasteiger partial charge in [-0.05, 0) is 43.3 Å². The number of rotatable bonds is 9. The van der Waals surface area contributed by atoms with Crippen LogP contribution in [0.4, 0.5) is 31.5 Å². The van der Waals surface area contributed by atoms with Crippen molar-refractivity contribution in [2.75, 3.05) is 20.5 Å². The van der Waals surface area contributed by atoms with Gasteiger partial charge in [-0.25, -0.2) is 26.5 Å². The lowest BCUT2D eigenvalue weighted by molar-refractivity contribution is 0.480. The van der Waals surface area contributed by atoms with Crippen LogP contribution in [0.15, 0.2) is 54.6 Å². The summed E-state index contributed by atoms with van der Waals surface area (Å²) in [5.74, 6) is 0.721. The Labute approximate surface area is 198 Å². The van der Waals surface area contributed by atoms with Gasteiger partial charge in [-0.3, -0.25) is 9.44 Å². The summed E-state index contributed by atoms with van der Waals surface area (Å²) in [6.45, 7) is 1.48. The van der Waals surface area contributed by atoms with Crippen LogP contribution in [0.25, 0.3) is 0 Å². The third kappa shape index (κ3) is 6.44. The van der Waals surface area contributed by atoms with Crippen molar-refractivity contribution in [3.63, 3.8) is 0 Å². The molecule has 3 aromatic rings. The summed E-state index contributed by atoms with van der Waals surface area (Å²) in [7, 11) is -3.54. The summed E-state index contributed by atoms with van der Waals surface area (Å²) in [6, 6.07) is 11.9. The quantitative estimate of drug-likeness (QED) is 0.324. The second-order valence-electron chi connectivity index (χ2n) is 6.83. The molecule has 0 aliphatic heterocycles. The van der Waals surface area contributed by atoms with Gasteiger partial charge in [0.15, 0.2) is 16.9 Å². The van der Waals surface area contributed by atoms with Gasteiger partial charge in [0.1, 0.15) is 23.1 Å². The molecule has 12 heteroatoms. The molecular weight excluding hydrogens is 486 g/mol. The molecule has 0 saturated heterocycles. The van der Waals surface area contributed by atoms with E-state index in [2.05, 4.69) is 20.7 Å². The van der Waals surface area contributed by atoms with Gasteiger partial charge in [-0.1, -0.05) is 12.0 Å². The Morgan fingerprint density at radius 2 is 1.88 bits per heavy atom. The molecule has 1 atom stereocenters. The number of ether oxygens (including phenoxy) is 1. The third-order valence-electron chi connectivity index (χ3n) is 4.39. The Morgan fingerprint density at radius 3 is 2.53 bits per heavy atom. The van der Waals surface area contributed by atoms with E-state index >= 15 is 0 Å². The molecule has 8 nitrogen and oxygen atoms in total. The van der Waals surface area contributed by atoms with Crippen molar-refractivity contribution in [1.82, 2.24) is 0 Å². The summed E-state index contributed by atoms with van der Waals surface area (Å²) < 4.78 is 74.8. The molecule has 0 radical (unpaired) electrons. The van der Waals surface area contributed by atoms with Crippen LogP contribution < -0.4 is 24.6 Å². The third-order valence-corrected chi connectivity index (χ3v) is 6.10. The molecule has 0 heterocycles. The van der Waals surface area contributed by atoms with Gasteiger partial charge in [0.05, 0.1) is 22.8 Å². The molecular formula is C22H20F2N4O4S2. The van der Waals surface area contributed by atoms with Crippen molar-refractivity contribution in [1.29, 1.82) is 0 Å². The highest BCUT2D eigenvalue weighted by molar-refractivity contribution is 7.92. The van der Waals surface area contributed by atoms with Crippen LogP contribution in [0.1, 0.15) is 12.5 Å². The van der Waals surface area contributed by atoms with E-state index in [1.807, 2.05) is 0 Å². The van der Waals surface area contributed by atoms with Crippen molar-refractivity contribution < 1.29 is 26.1 Å². The number of nitrogens with two attached hydrogens (primary N) is 1. The van der Waals surface area contributed by atoms with Gasteiger partial charge in [0, 0.05) is 17.7 Å². The highest BCUT2D eigenvalue weighted by Gasteiger charge is 2.17. The lowest BCUT2D eigenvalue weighted by Gasteiger charge is -2.18. The smallest absolute Gasteiger partial charge is 0.232 e. The molecule has 0 aliphatic carbocycles. The second kappa shape index (κ2) is 10.5. The first kappa shape index (κ1) is 25.0. The zero-order valence-corrected chi connectivity index (χ0v) is 19.4. The van der Waals surface area contributed by atoms with Crippen LogP contribution in [0.3, 0.4) is 0 Å². The van der Waals surface area contributed by atoms with Crippen molar-refractivity contribution in [3.05, 3.63) is 71.8 Å². The molecule has 1 unspecified atom stereocenters. The summed E-state index contributed by atoms with van der Waals surface area (Å²) in [6.07, 6.45) is 5.27. The Kier molecular flexibility index (Phi) is 7.72. The van der Waals surface area contributed by atoms with Crippen molar-refractivity contribution in [3.8, 4) is 23.8 Å². The molecule has 0 aromatic heterocycles.